The zero-order valence-corrected chi connectivity index (χ0v) is 10.2. The highest BCUT2D eigenvalue weighted by Gasteiger charge is 2.25. The third-order valence-corrected chi connectivity index (χ3v) is 4.25. The molecule has 1 heterocycles. The quantitative estimate of drug-likeness (QED) is 0.750. The van der Waals surface area contributed by atoms with Crippen LogP contribution in [0.4, 0.5) is 0 Å². The number of benzene rings is 1. The van der Waals surface area contributed by atoms with Crippen LogP contribution in [-0.4, -0.2) is 10.7 Å². The zero-order valence-electron chi connectivity index (χ0n) is 9.35. The summed E-state index contributed by atoms with van der Waals surface area (Å²) in [4.78, 5) is 4.46. The van der Waals surface area contributed by atoms with Gasteiger partial charge < -0.3 is 4.42 Å². The van der Waals surface area contributed by atoms with Crippen molar-refractivity contribution < 1.29 is 4.42 Å². The molecule has 1 aliphatic rings. The molecule has 3 heteroatoms. The van der Waals surface area contributed by atoms with Crippen molar-refractivity contribution in [3.8, 4) is 0 Å². The number of thioether (sulfide) groups is 1. The summed E-state index contributed by atoms with van der Waals surface area (Å²) in [6.45, 7) is 2.32. The number of aromatic nitrogens is 1. The number of rotatable bonds is 3. The van der Waals surface area contributed by atoms with Gasteiger partial charge in [0.1, 0.15) is 5.52 Å². The van der Waals surface area contributed by atoms with E-state index in [4.69, 9.17) is 4.42 Å². The maximum atomic E-state index is 5.67. The van der Waals surface area contributed by atoms with Gasteiger partial charge in [0.05, 0.1) is 0 Å². The maximum absolute atomic E-state index is 5.67. The first kappa shape index (κ1) is 10.2. The first-order valence-corrected chi connectivity index (χ1v) is 6.78. The van der Waals surface area contributed by atoms with Gasteiger partial charge in [0.2, 0.25) is 0 Å². The molecule has 0 radical (unpaired) electrons. The van der Waals surface area contributed by atoms with Crippen LogP contribution in [0.15, 0.2) is 33.9 Å². The summed E-state index contributed by atoms with van der Waals surface area (Å²) in [5.41, 5.74) is 1.86. The van der Waals surface area contributed by atoms with Crippen molar-refractivity contribution in [2.24, 2.45) is 11.8 Å². The fraction of sp³-hybridized carbons (Fsp3) is 0.462. The summed E-state index contributed by atoms with van der Waals surface area (Å²) < 4.78 is 5.67. The van der Waals surface area contributed by atoms with Crippen molar-refractivity contribution in [1.82, 2.24) is 4.98 Å². The summed E-state index contributed by atoms with van der Waals surface area (Å²) in [7, 11) is 0. The number of para-hydroxylation sites is 2. The van der Waals surface area contributed by atoms with E-state index in [0.29, 0.717) is 0 Å². The van der Waals surface area contributed by atoms with Crippen molar-refractivity contribution in [3.05, 3.63) is 24.3 Å². The Morgan fingerprint density at radius 2 is 2.19 bits per heavy atom. The van der Waals surface area contributed by atoms with Crippen molar-refractivity contribution in [1.29, 1.82) is 0 Å². The third kappa shape index (κ3) is 1.96. The summed E-state index contributed by atoms with van der Waals surface area (Å²) in [6.07, 6.45) is 2.74. The zero-order chi connectivity index (χ0) is 11.0. The van der Waals surface area contributed by atoms with E-state index in [1.807, 2.05) is 24.3 Å². The number of hydrogen-bond donors (Lipinski definition) is 0. The van der Waals surface area contributed by atoms with E-state index in [9.17, 15) is 0 Å². The van der Waals surface area contributed by atoms with Gasteiger partial charge in [-0.1, -0.05) is 30.8 Å². The van der Waals surface area contributed by atoms with Crippen LogP contribution in [0.5, 0.6) is 0 Å². The van der Waals surface area contributed by atoms with Gasteiger partial charge in [0.25, 0.3) is 5.22 Å². The number of nitrogens with zero attached hydrogens (tertiary/aromatic N) is 1. The van der Waals surface area contributed by atoms with Gasteiger partial charge in [0, 0.05) is 5.75 Å². The van der Waals surface area contributed by atoms with Crippen LogP contribution >= 0.6 is 11.8 Å². The Hall–Kier alpha value is -0.960. The molecule has 3 rings (SSSR count). The third-order valence-electron chi connectivity index (χ3n) is 3.19. The average Bonchev–Trinajstić information content (AvgIpc) is 2.65. The van der Waals surface area contributed by atoms with E-state index in [1.54, 1.807) is 11.8 Å². The van der Waals surface area contributed by atoms with Gasteiger partial charge in [-0.2, -0.15) is 0 Å². The highest BCUT2D eigenvalue weighted by molar-refractivity contribution is 7.99. The topological polar surface area (TPSA) is 26.0 Å². The lowest BCUT2D eigenvalue weighted by Gasteiger charge is -2.31. The lowest BCUT2D eigenvalue weighted by Crippen LogP contribution is -2.22. The molecule has 0 N–H and O–H groups in total. The van der Waals surface area contributed by atoms with Gasteiger partial charge in [-0.3, -0.25) is 0 Å². The minimum Gasteiger partial charge on any atom is -0.431 e. The Labute approximate surface area is 99.4 Å². The van der Waals surface area contributed by atoms with Crippen molar-refractivity contribution >= 4 is 22.9 Å². The van der Waals surface area contributed by atoms with Gasteiger partial charge >= 0.3 is 0 Å². The Bertz CT molecular complexity index is 454. The van der Waals surface area contributed by atoms with Crippen LogP contribution in [0.1, 0.15) is 19.8 Å². The van der Waals surface area contributed by atoms with Crippen molar-refractivity contribution in [3.63, 3.8) is 0 Å². The lowest BCUT2D eigenvalue weighted by molar-refractivity contribution is 0.237. The van der Waals surface area contributed by atoms with Gasteiger partial charge in [-0.25, -0.2) is 4.98 Å². The van der Waals surface area contributed by atoms with Crippen LogP contribution in [0.25, 0.3) is 11.1 Å². The molecule has 2 aromatic rings. The largest absolute Gasteiger partial charge is 0.431 e. The van der Waals surface area contributed by atoms with E-state index in [2.05, 4.69) is 11.9 Å². The molecular formula is C13H15NOS. The minimum atomic E-state index is 0.820. The van der Waals surface area contributed by atoms with Gasteiger partial charge in [0.15, 0.2) is 5.58 Å². The van der Waals surface area contributed by atoms with E-state index in [-0.39, 0.29) is 0 Å². The first-order chi connectivity index (χ1) is 7.81. The fourth-order valence-electron chi connectivity index (χ4n) is 2.31. The molecular weight excluding hydrogens is 218 g/mol. The van der Waals surface area contributed by atoms with E-state index in [0.717, 1.165) is 33.9 Å². The predicted octanol–water partition coefficient (Wildman–Crippen LogP) is 3.97. The van der Waals surface area contributed by atoms with Crippen LogP contribution in [-0.2, 0) is 0 Å². The number of hydrogen-bond acceptors (Lipinski definition) is 3. The standard InChI is InChI=1S/C13H15NOS/c1-9-6-10(7-9)8-16-13-14-11-4-2-3-5-12(11)15-13/h2-5,9-10H,6-8H2,1H3. The van der Waals surface area contributed by atoms with E-state index in [1.165, 1.54) is 12.8 Å². The molecule has 0 bridgehead atoms. The maximum Gasteiger partial charge on any atom is 0.256 e. The Balaban J connectivity index is 1.65. The number of fused-ring (bicyclic) bond motifs is 1. The molecule has 2 nitrogen and oxygen atoms in total. The second-order valence-corrected chi connectivity index (χ2v) is 5.67. The Morgan fingerprint density at radius 1 is 1.38 bits per heavy atom. The highest BCUT2D eigenvalue weighted by Crippen LogP contribution is 2.37. The molecule has 0 atom stereocenters. The molecule has 0 saturated heterocycles. The second-order valence-electron chi connectivity index (χ2n) is 4.70. The summed E-state index contributed by atoms with van der Waals surface area (Å²) in [5.74, 6) is 2.95. The molecule has 16 heavy (non-hydrogen) atoms. The number of oxazole rings is 1. The lowest BCUT2D eigenvalue weighted by atomic mass is 9.77. The minimum absolute atomic E-state index is 0.820. The van der Waals surface area contributed by atoms with Crippen LogP contribution in [0.3, 0.4) is 0 Å². The molecule has 1 saturated carbocycles. The van der Waals surface area contributed by atoms with Gasteiger partial charge in [-0.15, -0.1) is 0 Å². The fourth-order valence-corrected chi connectivity index (χ4v) is 3.27. The molecule has 1 fully saturated rings. The summed E-state index contributed by atoms with van der Waals surface area (Å²) in [5, 5.41) is 0.820. The summed E-state index contributed by atoms with van der Waals surface area (Å²) >= 11 is 1.75. The van der Waals surface area contributed by atoms with Crippen LogP contribution in [0.2, 0.25) is 0 Å². The monoisotopic (exact) mass is 233 g/mol. The average molecular weight is 233 g/mol. The molecule has 0 amide bonds. The summed E-state index contributed by atoms with van der Waals surface area (Å²) in [6, 6.07) is 7.94. The van der Waals surface area contributed by atoms with E-state index >= 15 is 0 Å². The molecule has 0 aliphatic heterocycles. The predicted molar refractivity (Wildman–Crippen MR) is 66.6 cm³/mol. The first-order valence-electron chi connectivity index (χ1n) is 5.79. The van der Waals surface area contributed by atoms with Gasteiger partial charge in [-0.05, 0) is 36.8 Å². The Morgan fingerprint density at radius 3 is 2.94 bits per heavy atom. The molecule has 84 valence electrons. The molecule has 1 aliphatic carbocycles. The SMILES string of the molecule is CC1CC(CSc2nc3ccccc3o2)C1. The Kier molecular flexibility index (Phi) is 2.64. The highest BCUT2D eigenvalue weighted by atomic mass is 32.2. The molecule has 0 spiro atoms. The molecule has 0 unspecified atom stereocenters. The van der Waals surface area contributed by atoms with Crippen LogP contribution in [0, 0.1) is 11.8 Å². The molecule has 1 aromatic carbocycles. The van der Waals surface area contributed by atoms with Crippen LogP contribution < -0.4 is 0 Å². The van der Waals surface area contributed by atoms with Crippen molar-refractivity contribution in [2.45, 2.75) is 25.0 Å². The molecule has 1 aromatic heterocycles. The van der Waals surface area contributed by atoms with Crippen molar-refractivity contribution in [2.75, 3.05) is 5.75 Å². The smallest absolute Gasteiger partial charge is 0.256 e. The normalized spacial score (nSPS) is 24.6. The second kappa shape index (κ2) is 4.13. The van der Waals surface area contributed by atoms with E-state index < -0.39 is 0 Å².